The van der Waals surface area contributed by atoms with Gasteiger partial charge in [0, 0.05) is 22.9 Å². The van der Waals surface area contributed by atoms with Gasteiger partial charge in [0.25, 0.3) is 0 Å². The Bertz CT molecular complexity index is 2630. The van der Waals surface area contributed by atoms with E-state index in [2.05, 4.69) is 152 Å². The van der Waals surface area contributed by atoms with Crippen LogP contribution in [0.1, 0.15) is 25.0 Å². The van der Waals surface area contributed by atoms with E-state index < -0.39 is 0 Å². The maximum absolute atomic E-state index is 6.65. The highest BCUT2D eigenvalue weighted by Gasteiger charge is 2.36. The van der Waals surface area contributed by atoms with Crippen molar-refractivity contribution in [1.82, 2.24) is 0 Å². The first-order chi connectivity index (χ1) is 24.5. The molecule has 1 aliphatic carbocycles. The smallest absolute Gasteiger partial charge is 0.172 e. The lowest BCUT2D eigenvalue weighted by Crippen LogP contribution is -2.16. The van der Waals surface area contributed by atoms with Crippen LogP contribution in [0.5, 0.6) is 23.0 Å². The van der Waals surface area contributed by atoms with E-state index in [-0.39, 0.29) is 5.41 Å². The first-order valence-electron chi connectivity index (χ1n) is 17.2. The summed E-state index contributed by atoms with van der Waals surface area (Å²) in [6, 6.07) is 58.2. The van der Waals surface area contributed by atoms with Gasteiger partial charge in [-0.3, -0.25) is 0 Å². The predicted octanol–water partition coefficient (Wildman–Crippen LogP) is 13.3. The Kier molecular flexibility index (Phi) is 6.22. The van der Waals surface area contributed by atoms with Crippen LogP contribution in [0.4, 0.5) is 17.1 Å². The maximum atomic E-state index is 6.65. The summed E-state index contributed by atoms with van der Waals surface area (Å²) in [5.41, 5.74) is 10.7. The fourth-order valence-electron chi connectivity index (χ4n) is 8.03. The lowest BCUT2D eigenvalue weighted by molar-refractivity contribution is 0.439. The van der Waals surface area contributed by atoms with Crippen molar-refractivity contribution in [3.05, 3.63) is 175 Å². The van der Waals surface area contributed by atoms with Gasteiger partial charge in [-0.2, -0.15) is 0 Å². The third-order valence-corrected chi connectivity index (χ3v) is 10.5. The van der Waals surface area contributed by atoms with E-state index in [1.807, 2.05) is 30.3 Å². The van der Waals surface area contributed by atoms with Crippen molar-refractivity contribution in [3.8, 4) is 45.3 Å². The summed E-state index contributed by atoms with van der Waals surface area (Å²) in [5, 5.41) is 4.55. The molecule has 0 radical (unpaired) electrons. The SMILES string of the molecule is CC1(C)c2ccccc2-c2ccc(N(c3ccc(-c4cccc5ccccc45)cc3)c3ccc4c(c3)Oc3cccc5cccc(c35)O4)cc21. The number of anilines is 3. The minimum atomic E-state index is -0.124. The average molecular weight is 644 g/mol. The number of hydrogen-bond donors (Lipinski definition) is 0. The van der Waals surface area contributed by atoms with Gasteiger partial charge >= 0.3 is 0 Å². The molecule has 238 valence electrons. The molecular formula is C47H33NO2. The normalized spacial score (nSPS) is 13.5. The second-order valence-corrected chi connectivity index (χ2v) is 13.8. The molecule has 0 N–H and O–H groups in total. The minimum absolute atomic E-state index is 0.124. The number of hydrogen-bond acceptors (Lipinski definition) is 3. The van der Waals surface area contributed by atoms with Gasteiger partial charge in [-0.25, -0.2) is 0 Å². The van der Waals surface area contributed by atoms with E-state index in [0.717, 1.165) is 39.3 Å². The summed E-state index contributed by atoms with van der Waals surface area (Å²) in [4.78, 5) is 2.33. The van der Waals surface area contributed by atoms with Crippen molar-refractivity contribution in [1.29, 1.82) is 0 Å². The number of fused-ring (bicyclic) bond motifs is 5. The Morgan fingerprint density at radius 1 is 0.420 bits per heavy atom. The topological polar surface area (TPSA) is 21.7 Å². The Balaban J connectivity index is 1.12. The zero-order chi connectivity index (χ0) is 33.4. The molecule has 0 bridgehead atoms. The summed E-state index contributed by atoms with van der Waals surface area (Å²) in [5.74, 6) is 2.95. The zero-order valence-corrected chi connectivity index (χ0v) is 27.9. The first kappa shape index (κ1) is 28.7. The van der Waals surface area contributed by atoms with E-state index in [1.54, 1.807) is 0 Å². The van der Waals surface area contributed by atoms with Crippen LogP contribution in [0.15, 0.2) is 164 Å². The first-order valence-corrected chi connectivity index (χ1v) is 17.2. The lowest BCUT2D eigenvalue weighted by atomic mass is 9.82. The molecule has 1 aliphatic heterocycles. The monoisotopic (exact) mass is 643 g/mol. The highest BCUT2D eigenvalue weighted by Crippen LogP contribution is 2.52. The molecule has 3 nitrogen and oxygen atoms in total. The molecule has 10 rings (SSSR count). The van der Waals surface area contributed by atoms with Crippen molar-refractivity contribution in [2.24, 2.45) is 0 Å². The van der Waals surface area contributed by atoms with E-state index in [9.17, 15) is 0 Å². The molecule has 0 saturated carbocycles. The Morgan fingerprint density at radius 3 is 1.86 bits per heavy atom. The van der Waals surface area contributed by atoms with E-state index in [1.165, 1.54) is 44.2 Å². The fraction of sp³-hybridized carbons (Fsp3) is 0.0638. The lowest BCUT2D eigenvalue weighted by Gasteiger charge is -2.28. The molecule has 0 atom stereocenters. The molecule has 8 aromatic rings. The average Bonchev–Trinajstić information content (AvgIpc) is 3.26. The summed E-state index contributed by atoms with van der Waals surface area (Å²) in [6.45, 7) is 4.66. The molecule has 0 aromatic heterocycles. The standard InChI is InChI=1S/C47H33NO2/c1-47(2)40-17-6-5-15-38(40)39-26-24-34(28-41(39)47)48(33-22-20-31(21-23-33)37-16-7-11-30-10-3-4-14-36(30)37)35-25-27-42-45(29-35)50-44-19-9-13-32-12-8-18-43(49-42)46(32)44/h3-29H,1-2H3. The summed E-state index contributed by atoms with van der Waals surface area (Å²) >= 11 is 0. The Morgan fingerprint density at radius 2 is 1.02 bits per heavy atom. The number of ether oxygens (including phenoxy) is 2. The summed E-state index contributed by atoms with van der Waals surface area (Å²) in [7, 11) is 0. The van der Waals surface area contributed by atoms with Crippen molar-refractivity contribution < 1.29 is 9.47 Å². The van der Waals surface area contributed by atoms with Crippen LogP contribution in [-0.2, 0) is 5.41 Å². The van der Waals surface area contributed by atoms with Crippen molar-refractivity contribution >= 4 is 38.6 Å². The molecular weight excluding hydrogens is 611 g/mol. The summed E-state index contributed by atoms with van der Waals surface area (Å²) in [6.07, 6.45) is 0. The fourth-order valence-corrected chi connectivity index (χ4v) is 8.03. The van der Waals surface area contributed by atoms with E-state index in [4.69, 9.17) is 9.47 Å². The van der Waals surface area contributed by atoms with Crippen molar-refractivity contribution in [2.45, 2.75) is 19.3 Å². The van der Waals surface area contributed by atoms with Gasteiger partial charge in [0.05, 0.1) is 11.1 Å². The van der Waals surface area contributed by atoms with Crippen LogP contribution in [0.25, 0.3) is 43.8 Å². The largest absolute Gasteiger partial charge is 0.453 e. The molecule has 1 heterocycles. The minimum Gasteiger partial charge on any atom is -0.453 e. The quantitative estimate of drug-likeness (QED) is 0.190. The predicted molar refractivity (Wildman–Crippen MR) is 206 cm³/mol. The highest BCUT2D eigenvalue weighted by molar-refractivity contribution is 5.97. The van der Waals surface area contributed by atoms with Crippen LogP contribution in [0.3, 0.4) is 0 Å². The molecule has 0 fully saturated rings. The molecule has 50 heavy (non-hydrogen) atoms. The molecule has 3 heteroatoms. The van der Waals surface area contributed by atoms with Gasteiger partial charge in [-0.05, 0) is 98.1 Å². The van der Waals surface area contributed by atoms with Gasteiger partial charge in [-0.15, -0.1) is 0 Å². The van der Waals surface area contributed by atoms with E-state index in [0.29, 0.717) is 11.5 Å². The third-order valence-electron chi connectivity index (χ3n) is 10.5. The van der Waals surface area contributed by atoms with Crippen LogP contribution >= 0.6 is 0 Å². The second kappa shape index (κ2) is 10.8. The van der Waals surface area contributed by atoms with Crippen LogP contribution < -0.4 is 14.4 Å². The maximum Gasteiger partial charge on any atom is 0.172 e. The molecule has 2 aliphatic rings. The Labute approximate surface area is 291 Å². The molecule has 0 amide bonds. The van der Waals surface area contributed by atoms with Gasteiger partial charge in [0.2, 0.25) is 0 Å². The molecule has 8 aromatic carbocycles. The van der Waals surface area contributed by atoms with E-state index >= 15 is 0 Å². The van der Waals surface area contributed by atoms with Crippen molar-refractivity contribution in [2.75, 3.05) is 4.90 Å². The van der Waals surface area contributed by atoms with Crippen LogP contribution in [0.2, 0.25) is 0 Å². The number of rotatable bonds is 4. The summed E-state index contributed by atoms with van der Waals surface area (Å²) < 4.78 is 13.2. The third kappa shape index (κ3) is 4.37. The Hall–Kier alpha value is -6.32. The highest BCUT2D eigenvalue weighted by atomic mass is 16.5. The molecule has 0 unspecified atom stereocenters. The van der Waals surface area contributed by atoms with Gasteiger partial charge in [0.15, 0.2) is 11.5 Å². The van der Waals surface area contributed by atoms with Crippen LogP contribution in [-0.4, -0.2) is 0 Å². The zero-order valence-electron chi connectivity index (χ0n) is 27.9. The number of benzene rings is 8. The van der Waals surface area contributed by atoms with Gasteiger partial charge < -0.3 is 14.4 Å². The van der Waals surface area contributed by atoms with Crippen LogP contribution in [0, 0.1) is 0 Å². The molecule has 0 spiro atoms. The van der Waals surface area contributed by atoms with Gasteiger partial charge in [0.1, 0.15) is 11.5 Å². The van der Waals surface area contributed by atoms with Gasteiger partial charge in [-0.1, -0.05) is 123 Å². The number of nitrogens with zero attached hydrogens (tertiary/aromatic N) is 1. The van der Waals surface area contributed by atoms with Crippen molar-refractivity contribution in [3.63, 3.8) is 0 Å². The second-order valence-electron chi connectivity index (χ2n) is 13.8. The molecule has 0 saturated heterocycles.